The number of aliphatic hydroxyl groups excluding tert-OH is 1. The highest BCUT2D eigenvalue weighted by molar-refractivity contribution is 9.10. The highest BCUT2D eigenvalue weighted by atomic mass is 79.9. The third kappa shape index (κ3) is 3.47. The van der Waals surface area contributed by atoms with Gasteiger partial charge in [-0.25, -0.2) is 0 Å². The average molecular weight is 309 g/mol. The molecule has 0 aromatic heterocycles. The summed E-state index contributed by atoms with van der Waals surface area (Å²) in [5.41, 5.74) is 1.66. The molecule has 0 heterocycles. The first-order chi connectivity index (χ1) is 8.69. The van der Waals surface area contributed by atoms with E-state index < -0.39 is 0 Å². The molecule has 1 fully saturated rings. The van der Waals surface area contributed by atoms with Gasteiger partial charge >= 0.3 is 0 Å². The molecule has 2 unspecified atom stereocenters. The minimum atomic E-state index is -0.130. The molecule has 2 N–H and O–H groups in total. The Bertz CT molecular complexity index is 456. The maximum atomic E-state index is 9.63. The largest absolute Gasteiger partial charge is 0.393 e. The number of anilines is 1. The van der Waals surface area contributed by atoms with Gasteiger partial charge in [0.2, 0.25) is 0 Å². The lowest BCUT2D eigenvalue weighted by Crippen LogP contribution is -2.25. The first kappa shape index (κ1) is 13.4. The fraction of sp³-hybridized carbons (Fsp3) is 0.500. The summed E-state index contributed by atoms with van der Waals surface area (Å²) in [5, 5.41) is 21.8. The van der Waals surface area contributed by atoms with Crippen LogP contribution in [0, 0.1) is 17.2 Å². The Balaban J connectivity index is 1.92. The van der Waals surface area contributed by atoms with Crippen LogP contribution in [0.5, 0.6) is 0 Å². The summed E-state index contributed by atoms with van der Waals surface area (Å²) < 4.78 is 0.915. The Hall–Kier alpha value is -1.05. The standard InChI is InChI=1S/C14H17BrN2O/c15-13-7-10(8-16)4-5-14(13)17-9-11-2-1-3-12(18)6-11/h4-5,7,11-12,17-18H,1-3,6,9H2. The first-order valence-corrected chi connectivity index (χ1v) is 7.10. The quantitative estimate of drug-likeness (QED) is 0.901. The minimum absolute atomic E-state index is 0.130. The smallest absolute Gasteiger partial charge is 0.0992 e. The van der Waals surface area contributed by atoms with E-state index in [1.807, 2.05) is 18.2 Å². The van der Waals surface area contributed by atoms with Crippen molar-refractivity contribution in [2.75, 3.05) is 11.9 Å². The molecule has 1 saturated carbocycles. The second-order valence-corrected chi connectivity index (χ2v) is 5.73. The molecule has 0 bridgehead atoms. The molecule has 3 nitrogen and oxygen atoms in total. The van der Waals surface area contributed by atoms with E-state index in [1.54, 1.807) is 0 Å². The van der Waals surface area contributed by atoms with Crippen molar-refractivity contribution in [3.05, 3.63) is 28.2 Å². The molecule has 1 aromatic carbocycles. The Morgan fingerprint density at radius 2 is 2.28 bits per heavy atom. The van der Waals surface area contributed by atoms with Gasteiger partial charge in [-0.15, -0.1) is 0 Å². The number of rotatable bonds is 3. The number of hydrogen-bond acceptors (Lipinski definition) is 3. The van der Waals surface area contributed by atoms with Gasteiger partial charge < -0.3 is 10.4 Å². The van der Waals surface area contributed by atoms with Gasteiger partial charge in [-0.05, 0) is 59.3 Å². The van der Waals surface area contributed by atoms with Crippen LogP contribution in [0.25, 0.3) is 0 Å². The molecule has 2 atom stereocenters. The summed E-state index contributed by atoms with van der Waals surface area (Å²) in [6, 6.07) is 7.66. The van der Waals surface area contributed by atoms with Crippen LogP contribution in [0.3, 0.4) is 0 Å². The molecule has 1 aromatic rings. The highest BCUT2D eigenvalue weighted by Gasteiger charge is 2.19. The van der Waals surface area contributed by atoms with Crippen molar-refractivity contribution in [2.45, 2.75) is 31.8 Å². The van der Waals surface area contributed by atoms with E-state index in [4.69, 9.17) is 5.26 Å². The number of hydrogen-bond donors (Lipinski definition) is 2. The molecule has 96 valence electrons. The van der Waals surface area contributed by atoms with Crippen molar-refractivity contribution in [3.63, 3.8) is 0 Å². The molecule has 0 saturated heterocycles. The van der Waals surface area contributed by atoms with Crippen molar-refractivity contribution >= 4 is 21.6 Å². The number of nitriles is 1. The highest BCUT2D eigenvalue weighted by Crippen LogP contribution is 2.27. The lowest BCUT2D eigenvalue weighted by molar-refractivity contribution is 0.105. The van der Waals surface area contributed by atoms with E-state index in [1.165, 1.54) is 6.42 Å². The van der Waals surface area contributed by atoms with Gasteiger partial charge in [-0.1, -0.05) is 6.42 Å². The zero-order valence-corrected chi connectivity index (χ0v) is 11.8. The zero-order chi connectivity index (χ0) is 13.0. The van der Waals surface area contributed by atoms with Crippen LogP contribution in [0.4, 0.5) is 5.69 Å². The van der Waals surface area contributed by atoms with Crippen LogP contribution in [-0.4, -0.2) is 17.8 Å². The lowest BCUT2D eigenvalue weighted by atomic mass is 9.87. The molecule has 18 heavy (non-hydrogen) atoms. The van der Waals surface area contributed by atoms with Gasteiger partial charge in [0.25, 0.3) is 0 Å². The number of benzene rings is 1. The molecule has 0 spiro atoms. The maximum absolute atomic E-state index is 9.63. The zero-order valence-electron chi connectivity index (χ0n) is 10.2. The van der Waals surface area contributed by atoms with Gasteiger partial charge in [-0.3, -0.25) is 0 Å². The summed E-state index contributed by atoms with van der Waals surface area (Å²) in [7, 11) is 0. The number of nitrogens with zero attached hydrogens (tertiary/aromatic N) is 1. The van der Waals surface area contributed by atoms with Gasteiger partial charge in [0.05, 0.1) is 17.7 Å². The Morgan fingerprint density at radius 3 is 2.94 bits per heavy atom. The number of nitrogens with one attached hydrogen (secondary N) is 1. The number of halogens is 1. The van der Waals surface area contributed by atoms with Crippen LogP contribution < -0.4 is 5.32 Å². The van der Waals surface area contributed by atoms with Crippen molar-refractivity contribution in [2.24, 2.45) is 5.92 Å². The number of aliphatic hydroxyl groups is 1. The molecule has 0 amide bonds. The molecule has 0 radical (unpaired) electrons. The summed E-state index contributed by atoms with van der Waals surface area (Å²) in [5.74, 6) is 0.538. The predicted molar refractivity (Wildman–Crippen MR) is 75.3 cm³/mol. The van der Waals surface area contributed by atoms with Gasteiger partial charge in [0.15, 0.2) is 0 Å². The molecular weight excluding hydrogens is 292 g/mol. The van der Waals surface area contributed by atoms with E-state index in [-0.39, 0.29) is 6.10 Å². The minimum Gasteiger partial charge on any atom is -0.393 e. The van der Waals surface area contributed by atoms with E-state index in [0.717, 1.165) is 36.0 Å². The molecule has 1 aliphatic rings. The van der Waals surface area contributed by atoms with E-state index in [0.29, 0.717) is 11.5 Å². The predicted octanol–water partition coefficient (Wildman–Crippen LogP) is 3.28. The normalized spacial score (nSPS) is 23.4. The van der Waals surface area contributed by atoms with Crippen molar-refractivity contribution in [3.8, 4) is 6.07 Å². The fourth-order valence-corrected chi connectivity index (χ4v) is 2.95. The maximum Gasteiger partial charge on any atom is 0.0992 e. The Morgan fingerprint density at radius 1 is 1.44 bits per heavy atom. The molecule has 4 heteroatoms. The summed E-state index contributed by atoms with van der Waals surface area (Å²) in [4.78, 5) is 0. The third-order valence-corrected chi connectivity index (χ3v) is 4.09. The fourth-order valence-electron chi connectivity index (χ4n) is 2.43. The molecule has 1 aliphatic carbocycles. The van der Waals surface area contributed by atoms with Crippen molar-refractivity contribution in [1.82, 2.24) is 0 Å². The monoisotopic (exact) mass is 308 g/mol. The molecular formula is C14H17BrN2O. The van der Waals surface area contributed by atoms with Crippen LogP contribution in [0.1, 0.15) is 31.2 Å². The summed E-state index contributed by atoms with van der Waals surface area (Å²) >= 11 is 3.46. The van der Waals surface area contributed by atoms with Crippen LogP contribution in [0.2, 0.25) is 0 Å². The van der Waals surface area contributed by atoms with E-state index in [2.05, 4.69) is 27.3 Å². The first-order valence-electron chi connectivity index (χ1n) is 6.30. The van der Waals surface area contributed by atoms with Crippen molar-refractivity contribution < 1.29 is 5.11 Å². The van der Waals surface area contributed by atoms with Crippen LogP contribution in [0.15, 0.2) is 22.7 Å². The second-order valence-electron chi connectivity index (χ2n) is 4.87. The van der Waals surface area contributed by atoms with E-state index in [9.17, 15) is 5.11 Å². The van der Waals surface area contributed by atoms with E-state index >= 15 is 0 Å². The van der Waals surface area contributed by atoms with Gasteiger partial charge in [-0.2, -0.15) is 5.26 Å². The Labute approximate surface area is 116 Å². The Kier molecular flexibility index (Phi) is 4.62. The van der Waals surface area contributed by atoms with Gasteiger partial charge in [0, 0.05) is 16.7 Å². The topological polar surface area (TPSA) is 56.0 Å². The van der Waals surface area contributed by atoms with Crippen molar-refractivity contribution in [1.29, 1.82) is 5.26 Å². The van der Waals surface area contributed by atoms with Crippen LogP contribution >= 0.6 is 15.9 Å². The molecule has 0 aliphatic heterocycles. The third-order valence-electron chi connectivity index (χ3n) is 3.43. The molecule has 2 rings (SSSR count). The second kappa shape index (κ2) is 6.21. The van der Waals surface area contributed by atoms with Crippen LogP contribution in [-0.2, 0) is 0 Å². The summed E-state index contributed by atoms with van der Waals surface area (Å²) in [6.45, 7) is 0.877. The van der Waals surface area contributed by atoms with Gasteiger partial charge in [0.1, 0.15) is 0 Å². The summed E-state index contributed by atoms with van der Waals surface area (Å²) in [6.07, 6.45) is 3.99. The lowest BCUT2D eigenvalue weighted by Gasteiger charge is -2.26. The SMILES string of the molecule is N#Cc1ccc(NCC2CCCC(O)C2)c(Br)c1. The average Bonchev–Trinajstić information content (AvgIpc) is 2.37.